The SMILES string of the molecule is C=C/C(=N/S)C(=N)C(=C)S. The molecule has 0 atom stereocenters. The summed E-state index contributed by atoms with van der Waals surface area (Å²) in [5.74, 6) is 0. The lowest BCUT2D eigenvalue weighted by Crippen LogP contribution is -2.08. The highest BCUT2D eigenvalue weighted by atomic mass is 32.1. The van der Waals surface area contributed by atoms with Gasteiger partial charge in [-0.15, -0.1) is 12.6 Å². The molecular weight excluding hydrogens is 164 g/mol. The van der Waals surface area contributed by atoms with E-state index in [2.05, 4.69) is 43.0 Å². The first kappa shape index (κ1) is 9.52. The highest BCUT2D eigenvalue weighted by molar-refractivity contribution is 7.86. The van der Waals surface area contributed by atoms with Gasteiger partial charge in [0.1, 0.15) is 0 Å². The Hall–Kier alpha value is -0.480. The van der Waals surface area contributed by atoms with Crippen LogP contribution in [0.5, 0.6) is 0 Å². The van der Waals surface area contributed by atoms with Gasteiger partial charge in [-0.25, -0.2) is 4.40 Å². The molecule has 0 radical (unpaired) electrons. The first-order valence-corrected chi connectivity index (χ1v) is 3.29. The maximum absolute atomic E-state index is 7.27. The zero-order valence-corrected chi connectivity index (χ0v) is 7.12. The van der Waals surface area contributed by atoms with E-state index in [1.807, 2.05) is 0 Å². The van der Waals surface area contributed by atoms with Crippen LogP contribution in [0.2, 0.25) is 0 Å². The summed E-state index contributed by atoms with van der Waals surface area (Å²) in [6, 6.07) is 0. The molecule has 0 fully saturated rings. The molecule has 54 valence electrons. The van der Waals surface area contributed by atoms with E-state index in [1.54, 1.807) is 0 Å². The van der Waals surface area contributed by atoms with Gasteiger partial charge in [0.05, 0.1) is 11.4 Å². The van der Waals surface area contributed by atoms with Crippen molar-refractivity contribution in [2.45, 2.75) is 0 Å². The highest BCUT2D eigenvalue weighted by Gasteiger charge is 2.02. The number of hydrogen-bond acceptors (Lipinski definition) is 4. The van der Waals surface area contributed by atoms with Crippen molar-refractivity contribution in [3.05, 3.63) is 24.1 Å². The summed E-state index contributed by atoms with van der Waals surface area (Å²) in [6.45, 7) is 6.89. The van der Waals surface area contributed by atoms with Gasteiger partial charge in [-0.2, -0.15) is 0 Å². The Balaban J connectivity index is 4.48. The predicted octanol–water partition coefficient (Wildman–Crippen LogP) is 1.92. The van der Waals surface area contributed by atoms with Gasteiger partial charge in [-0.1, -0.05) is 13.2 Å². The number of nitrogens with one attached hydrogen (secondary N) is 1. The number of nitrogens with zero attached hydrogens (tertiary/aromatic N) is 1. The third-order valence-electron chi connectivity index (χ3n) is 0.846. The van der Waals surface area contributed by atoms with Crippen LogP contribution in [-0.2, 0) is 0 Å². The van der Waals surface area contributed by atoms with Gasteiger partial charge < -0.3 is 0 Å². The van der Waals surface area contributed by atoms with Crippen LogP contribution < -0.4 is 0 Å². The molecule has 4 heteroatoms. The molecule has 1 N–H and O–H groups in total. The van der Waals surface area contributed by atoms with E-state index in [0.717, 1.165) is 0 Å². The summed E-state index contributed by atoms with van der Waals surface area (Å²) in [7, 11) is 0. The average molecular weight is 172 g/mol. The third-order valence-corrected chi connectivity index (χ3v) is 1.28. The highest BCUT2D eigenvalue weighted by Crippen LogP contribution is 2.01. The Morgan fingerprint density at radius 3 is 2.20 bits per heavy atom. The Bertz CT molecular complexity index is 206. The van der Waals surface area contributed by atoms with Crippen LogP contribution >= 0.6 is 25.4 Å². The summed E-state index contributed by atoms with van der Waals surface area (Å²) in [5.41, 5.74) is 0.525. The van der Waals surface area contributed by atoms with Crippen molar-refractivity contribution in [1.29, 1.82) is 5.41 Å². The standard InChI is InChI=1S/C6H8N2S2/c1-3-5(8-10)6(7)4(2)9/h3,7,9-10H,1-2H2/b7-6?,8-5-. The van der Waals surface area contributed by atoms with Crippen LogP contribution in [0.1, 0.15) is 0 Å². The van der Waals surface area contributed by atoms with E-state index in [0.29, 0.717) is 10.6 Å². The summed E-state index contributed by atoms with van der Waals surface area (Å²) in [6.07, 6.45) is 1.43. The molecule has 2 nitrogen and oxygen atoms in total. The molecule has 0 saturated carbocycles. The predicted molar refractivity (Wildman–Crippen MR) is 52.5 cm³/mol. The van der Waals surface area contributed by atoms with Crippen LogP contribution in [0.15, 0.2) is 28.5 Å². The molecule has 0 spiro atoms. The number of thiol groups is 2. The molecule has 0 unspecified atom stereocenters. The van der Waals surface area contributed by atoms with Gasteiger partial charge in [0.15, 0.2) is 0 Å². The molecule has 0 aromatic heterocycles. The normalized spacial score (nSPS) is 10.8. The molecule has 0 saturated heterocycles. The minimum absolute atomic E-state index is 0.147. The maximum Gasteiger partial charge on any atom is 0.0964 e. The number of rotatable bonds is 3. The summed E-state index contributed by atoms with van der Waals surface area (Å²) in [5, 5.41) is 7.27. The fourth-order valence-corrected chi connectivity index (χ4v) is 0.637. The zero-order valence-electron chi connectivity index (χ0n) is 5.33. The van der Waals surface area contributed by atoms with E-state index in [9.17, 15) is 0 Å². The Morgan fingerprint density at radius 1 is 1.60 bits per heavy atom. The smallest absolute Gasteiger partial charge is 0.0964 e. The van der Waals surface area contributed by atoms with Crippen molar-refractivity contribution in [3.63, 3.8) is 0 Å². The second-order valence-corrected chi connectivity index (χ2v) is 2.25. The summed E-state index contributed by atoms with van der Waals surface area (Å²) in [4.78, 5) is 0.354. The van der Waals surface area contributed by atoms with Crippen LogP contribution in [0, 0.1) is 5.41 Å². The van der Waals surface area contributed by atoms with Crippen LogP contribution in [-0.4, -0.2) is 11.4 Å². The van der Waals surface area contributed by atoms with Crippen molar-refractivity contribution >= 4 is 36.9 Å². The quantitative estimate of drug-likeness (QED) is 0.430. The molecule has 0 amide bonds. The lowest BCUT2D eigenvalue weighted by molar-refractivity contribution is 1.55. The van der Waals surface area contributed by atoms with Gasteiger partial charge in [0.25, 0.3) is 0 Å². The maximum atomic E-state index is 7.27. The lowest BCUT2D eigenvalue weighted by atomic mass is 10.2. The van der Waals surface area contributed by atoms with Crippen LogP contribution in [0.4, 0.5) is 0 Å². The van der Waals surface area contributed by atoms with E-state index in [-0.39, 0.29) is 5.71 Å². The Labute approximate surface area is 71.2 Å². The second-order valence-electron chi connectivity index (χ2n) is 1.51. The topological polar surface area (TPSA) is 36.2 Å². The molecule has 0 heterocycles. The van der Waals surface area contributed by atoms with Gasteiger partial charge in [0.2, 0.25) is 0 Å². The first-order chi connectivity index (χ1) is 4.63. The lowest BCUT2D eigenvalue weighted by Gasteiger charge is -1.98. The summed E-state index contributed by atoms with van der Waals surface area (Å²) < 4.78 is 3.49. The largest absolute Gasteiger partial charge is 0.297 e. The molecule has 0 aromatic rings. The molecule has 0 bridgehead atoms. The van der Waals surface area contributed by atoms with Crippen molar-refractivity contribution in [2.24, 2.45) is 4.40 Å². The molecule has 0 aliphatic rings. The molecule has 0 rings (SSSR count). The molecule has 0 aromatic carbocycles. The fourth-order valence-electron chi connectivity index (χ4n) is 0.341. The number of allylic oxidation sites excluding steroid dienone is 2. The van der Waals surface area contributed by atoms with Crippen LogP contribution in [0.25, 0.3) is 0 Å². The fraction of sp³-hybridized carbons (Fsp3) is 0. The molecular formula is C6H8N2S2. The van der Waals surface area contributed by atoms with Gasteiger partial charge in [-0.05, 0) is 18.9 Å². The van der Waals surface area contributed by atoms with E-state index in [4.69, 9.17) is 5.41 Å². The molecule has 0 aliphatic heterocycles. The first-order valence-electron chi connectivity index (χ1n) is 2.45. The summed E-state index contributed by atoms with van der Waals surface area (Å²) >= 11 is 7.49. The van der Waals surface area contributed by atoms with Crippen molar-refractivity contribution < 1.29 is 0 Å². The van der Waals surface area contributed by atoms with Gasteiger partial charge in [0, 0.05) is 4.91 Å². The van der Waals surface area contributed by atoms with E-state index >= 15 is 0 Å². The van der Waals surface area contributed by atoms with Crippen molar-refractivity contribution in [1.82, 2.24) is 0 Å². The minimum atomic E-state index is 0.147. The molecule has 10 heavy (non-hydrogen) atoms. The molecule has 0 aliphatic carbocycles. The average Bonchev–Trinajstić information content (AvgIpc) is 1.90. The van der Waals surface area contributed by atoms with Crippen molar-refractivity contribution in [3.8, 4) is 0 Å². The van der Waals surface area contributed by atoms with Crippen LogP contribution in [0.3, 0.4) is 0 Å². The Kier molecular flexibility index (Phi) is 4.14. The number of hydrogen-bond donors (Lipinski definition) is 3. The van der Waals surface area contributed by atoms with E-state index < -0.39 is 0 Å². The third kappa shape index (κ3) is 2.41. The van der Waals surface area contributed by atoms with Crippen molar-refractivity contribution in [2.75, 3.05) is 0 Å². The monoisotopic (exact) mass is 172 g/mol. The zero-order chi connectivity index (χ0) is 8.15. The van der Waals surface area contributed by atoms with Gasteiger partial charge >= 0.3 is 0 Å². The van der Waals surface area contributed by atoms with E-state index in [1.165, 1.54) is 6.08 Å². The second kappa shape index (κ2) is 4.35. The minimum Gasteiger partial charge on any atom is -0.297 e. The Morgan fingerprint density at radius 2 is 2.10 bits per heavy atom. The van der Waals surface area contributed by atoms with Gasteiger partial charge in [-0.3, -0.25) is 5.41 Å².